The number of alkyl halides is 2. The van der Waals surface area contributed by atoms with Crippen LogP contribution in [0.25, 0.3) is 0 Å². The van der Waals surface area contributed by atoms with Gasteiger partial charge >= 0.3 is 5.92 Å². The number of H-pyrrole nitrogens is 1. The number of aryl methyl sites for hydroxylation is 1. The third-order valence-corrected chi connectivity index (χ3v) is 1.44. The van der Waals surface area contributed by atoms with Crippen LogP contribution in [0.4, 0.5) is 13.2 Å². The van der Waals surface area contributed by atoms with E-state index in [0.29, 0.717) is 6.92 Å². The molecule has 0 aromatic carbocycles. The third-order valence-electron chi connectivity index (χ3n) is 1.44. The van der Waals surface area contributed by atoms with Gasteiger partial charge in [0.25, 0.3) is 5.56 Å². The Hall–Kier alpha value is -1.33. The lowest BCUT2D eigenvalue weighted by Gasteiger charge is -2.09. The molecule has 13 heavy (non-hydrogen) atoms. The smallest absolute Gasteiger partial charge is 0.302 e. The zero-order valence-electron chi connectivity index (χ0n) is 6.99. The average Bonchev–Trinajstić information content (AvgIpc) is 1.97. The van der Waals surface area contributed by atoms with Gasteiger partial charge in [-0.3, -0.25) is 4.79 Å². The van der Waals surface area contributed by atoms with Crippen LogP contribution in [0.2, 0.25) is 0 Å². The molecule has 0 aliphatic carbocycles. The normalized spacial score (nSPS) is 11.8. The first-order chi connectivity index (χ1) is 5.82. The van der Waals surface area contributed by atoms with Crippen molar-refractivity contribution in [3.05, 3.63) is 27.7 Å². The Kier molecular flexibility index (Phi) is 2.15. The molecule has 72 valence electrons. The number of nitrogens with zero attached hydrogens (tertiary/aromatic N) is 1. The van der Waals surface area contributed by atoms with Crippen LogP contribution >= 0.6 is 0 Å². The van der Waals surface area contributed by atoms with Gasteiger partial charge in [0.05, 0.1) is 5.69 Å². The van der Waals surface area contributed by atoms with E-state index in [1.165, 1.54) is 0 Å². The molecule has 1 aromatic heterocycles. The molecule has 0 saturated carbocycles. The summed E-state index contributed by atoms with van der Waals surface area (Å²) < 4.78 is 37.8. The molecule has 6 heteroatoms. The van der Waals surface area contributed by atoms with Crippen LogP contribution in [-0.2, 0) is 5.92 Å². The molecule has 1 aromatic rings. The SMILES string of the molecule is Cc1nc(C(C)(F)F)[nH]c(=O)c1F. The maximum atomic E-state index is 12.6. The largest absolute Gasteiger partial charge is 0.303 e. The molecule has 0 atom stereocenters. The highest BCUT2D eigenvalue weighted by atomic mass is 19.3. The fourth-order valence-corrected chi connectivity index (χ4v) is 0.779. The number of rotatable bonds is 1. The topological polar surface area (TPSA) is 45.8 Å². The molecule has 0 aliphatic heterocycles. The first-order valence-corrected chi connectivity index (χ1v) is 3.47. The Morgan fingerprint density at radius 2 is 2.00 bits per heavy atom. The van der Waals surface area contributed by atoms with Gasteiger partial charge in [0.1, 0.15) is 0 Å². The van der Waals surface area contributed by atoms with Crippen LogP contribution in [0, 0.1) is 12.7 Å². The second-order valence-electron chi connectivity index (χ2n) is 2.70. The Labute approximate surface area is 71.6 Å². The highest BCUT2D eigenvalue weighted by molar-refractivity contribution is 5.06. The average molecular weight is 192 g/mol. The minimum absolute atomic E-state index is 0.333. The minimum atomic E-state index is -3.27. The van der Waals surface area contributed by atoms with Gasteiger partial charge in [0.15, 0.2) is 5.82 Å². The first-order valence-electron chi connectivity index (χ1n) is 3.47. The van der Waals surface area contributed by atoms with Gasteiger partial charge < -0.3 is 4.98 Å². The van der Waals surface area contributed by atoms with Crippen molar-refractivity contribution in [2.75, 3.05) is 0 Å². The molecule has 0 bridgehead atoms. The van der Waals surface area contributed by atoms with Crippen molar-refractivity contribution in [3.63, 3.8) is 0 Å². The lowest BCUT2D eigenvalue weighted by atomic mass is 10.3. The maximum Gasteiger partial charge on any atom is 0.302 e. The molecule has 0 aliphatic rings. The molecule has 0 saturated heterocycles. The summed E-state index contributed by atoms with van der Waals surface area (Å²) >= 11 is 0. The fourth-order valence-electron chi connectivity index (χ4n) is 0.779. The van der Waals surface area contributed by atoms with Crippen LogP contribution in [-0.4, -0.2) is 9.97 Å². The Morgan fingerprint density at radius 1 is 1.46 bits per heavy atom. The summed E-state index contributed by atoms with van der Waals surface area (Å²) in [7, 11) is 0. The van der Waals surface area contributed by atoms with Gasteiger partial charge in [-0.1, -0.05) is 0 Å². The van der Waals surface area contributed by atoms with E-state index in [-0.39, 0.29) is 5.69 Å². The summed E-state index contributed by atoms with van der Waals surface area (Å²) in [6.07, 6.45) is 0. The molecule has 3 nitrogen and oxygen atoms in total. The number of halogens is 3. The van der Waals surface area contributed by atoms with Crippen LogP contribution in [0.15, 0.2) is 4.79 Å². The molecule has 1 heterocycles. The maximum absolute atomic E-state index is 12.6. The van der Waals surface area contributed by atoms with Crippen LogP contribution in [0.5, 0.6) is 0 Å². The van der Waals surface area contributed by atoms with Gasteiger partial charge in [-0.25, -0.2) is 4.98 Å². The van der Waals surface area contributed by atoms with Gasteiger partial charge in [-0.15, -0.1) is 0 Å². The quantitative estimate of drug-likeness (QED) is 0.729. The summed E-state index contributed by atoms with van der Waals surface area (Å²) in [5.74, 6) is -5.22. The highest BCUT2D eigenvalue weighted by Gasteiger charge is 2.28. The molecule has 0 unspecified atom stereocenters. The Bertz CT molecular complexity index is 380. The van der Waals surface area contributed by atoms with Crippen LogP contribution in [0.1, 0.15) is 18.4 Å². The predicted octanol–water partition coefficient (Wildman–Crippen LogP) is 1.33. The number of hydrogen-bond donors (Lipinski definition) is 1. The zero-order valence-corrected chi connectivity index (χ0v) is 6.99. The minimum Gasteiger partial charge on any atom is -0.303 e. The molecule has 1 rings (SSSR count). The molecular formula is C7H7F3N2O. The monoisotopic (exact) mass is 192 g/mol. The van der Waals surface area contributed by atoms with Crippen molar-refractivity contribution in [2.45, 2.75) is 19.8 Å². The standard InChI is InChI=1S/C7H7F3N2O/c1-3-4(8)5(13)12-6(11-3)7(2,9)10/h1-2H3,(H,11,12,13). The lowest BCUT2D eigenvalue weighted by Crippen LogP contribution is -2.23. The third kappa shape index (κ3) is 1.88. The zero-order chi connectivity index (χ0) is 10.2. The van der Waals surface area contributed by atoms with Crippen molar-refractivity contribution in [1.29, 1.82) is 0 Å². The number of aromatic nitrogens is 2. The molecule has 1 N–H and O–H groups in total. The fraction of sp³-hybridized carbons (Fsp3) is 0.429. The molecule has 0 radical (unpaired) electrons. The van der Waals surface area contributed by atoms with E-state index >= 15 is 0 Å². The van der Waals surface area contributed by atoms with E-state index in [9.17, 15) is 18.0 Å². The predicted molar refractivity (Wildman–Crippen MR) is 39.1 cm³/mol. The van der Waals surface area contributed by atoms with E-state index in [1.54, 1.807) is 4.98 Å². The van der Waals surface area contributed by atoms with E-state index in [2.05, 4.69) is 4.98 Å². The van der Waals surface area contributed by atoms with E-state index < -0.39 is 23.1 Å². The van der Waals surface area contributed by atoms with Crippen molar-refractivity contribution >= 4 is 0 Å². The molecule has 0 fully saturated rings. The van der Waals surface area contributed by atoms with Crippen molar-refractivity contribution < 1.29 is 13.2 Å². The van der Waals surface area contributed by atoms with E-state index in [0.717, 1.165) is 6.92 Å². The Morgan fingerprint density at radius 3 is 2.38 bits per heavy atom. The van der Waals surface area contributed by atoms with Gasteiger partial charge in [-0.05, 0) is 6.92 Å². The molecule has 0 amide bonds. The van der Waals surface area contributed by atoms with Crippen molar-refractivity contribution in [1.82, 2.24) is 9.97 Å². The second-order valence-corrected chi connectivity index (χ2v) is 2.70. The lowest BCUT2D eigenvalue weighted by molar-refractivity contribution is 0.00701. The number of nitrogens with one attached hydrogen (secondary N) is 1. The summed E-state index contributed by atoms with van der Waals surface area (Å²) in [5, 5.41) is 0. The first kappa shape index (κ1) is 9.76. The van der Waals surface area contributed by atoms with Gasteiger partial charge in [-0.2, -0.15) is 13.2 Å². The van der Waals surface area contributed by atoms with Gasteiger partial charge in [0.2, 0.25) is 5.82 Å². The molecule has 0 spiro atoms. The highest BCUT2D eigenvalue weighted by Crippen LogP contribution is 2.22. The van der Waals surface area contributed by atoms with Crippen LogP contribution in [0.3, 0.4) is 0 Å². The van der Waals surface area contributed by atoms with Crippen molar-refractivity contribution in [2.24, 2.45) is 0 Å². The van der Waals surface area contributed by atoms with E-state index in [4.69, 9.17) is 0 Å². The van der Waals surface area contributed by atoms with E-state index in [1.807, 2.05) is 0 Å². The second kappa shape index (κ2) is 2.86. The summed E-state index contributed by atoms with van der Waals surface area (Å²) in [4.78, 5) is 15.6. The Balaban J connectivity index is 3.38. The molecular weight excluding hydrogens is 185 g/mol. The number of hydrogen-bond acceptors (Lipinski definition) is 2. The van der Waals surface area contributed by atoms with Gasteiger partial charge in [0, 0.05) is 6.92 Å². The summed E-state index contributed by atoms with van der Waals surface area (Å²) in [6.45, 7) is 1.72. The number of aromatic amines is 1. The van der Waals surface area contributed by atoms with Crippen molar-refractivity contribution in [3.8, 4) is 0 Å². The summed E-state index contributed by atoms with van der Waals surface area (Å²) in [6, 6.07) is 0. The van der Waals surface area contributed by atoms with Crippen LogP contribution < -0.4 is 5.56 Å². The summed E-state index contributed by atoms with van der Waals surface area (Å²) in [5.41, 5.74) is -1.51.